The fraction of sp³-hybridized carbons (Fsp3) is 0.182. The highest BCUT2D eigenvalue weighted by molar-refractivity contribution is 7.26. The average Bonchev–Trinajstić information content (AvgIpc) is 3.75. The third-order valence-electron chi connectivity index (χ3n) is 14.9. The first kappa shape index (κ1) is 44.1. The topological polar surface area (TPSA) is 6.48 Å². The highest BCUT2D eigenvalue weighted by Gasteiger charge is 2.44. The lowest BCUT2D eigenvalue weighted by Gasteiger charge is -2.45. The van der Waals surface area contributed by atoms with E-state index >= 15 is 0 Å². The zero-order valence-corrected chi connectivity index (χ0v) is 42.7. The first-order valence-electron chi connectivity index (χ1n) is 24.9. The van der Waals surface area contributed by atoms with Crippen LogP contribution in [-0.4, -0.2) is 6.71 Å². The predicted octanol–water partition coefficient (Wildman–Crippen LogP) is 17.0. The van der Waals surface area contributed by atoms with E-state index in [1.165, 1.54) is 109 Å². The second-order valence-corrected chi connectivity index (χ2v) is 23.6. The number of thiophene rings is 1. The fourth-order valence-electron chi connectivity index (χ4n) is 11.1. The van der Waals surface area contributed by atoms with E-state index in [9.17, 15) is 0 Å². The summed E-state index contributed by atoms with van der Waals surface area (Å²) in [5.41, 5.74) is 22.5. The summed E-state index contributed by atoms with van der Waals surface area (Å²) in [5, 5.41) is 2.68. The van der Waals surface area contributed by atoms with Crippen LogP contribution in [0.2, 0.25) is 0 Å². The molecule has 70 heavy (non-hydrogen) atoms. The molecule has 0 fully saturated rings. The molecule has 342 valence electrons. The molecule has 0 saturated carbocycles. The van der Waals surface area contributed by atoms with Gasteiger partial charge in [0.15, 0.2) is 0 Å². The summed E-state index contributed by atoms with van der Waals surface area (Å²) in [6.45, 7) is 21.0. The summed E-state index contributed by atoms with van der Waals surface area (Å²) < 4.78 is 2.74. The van der Waals surface area contributed by atoms with Gasteiger partial charge in [0.2, 0.25) is 0 Å². The van der Waals surface area contributed by atoms with E-state index in [2.05, 4.69) is 266 Å². The van der Waals surface area contributed by atoms with Crippen LogP contribution in [0.4, 0.5) is 34.1 Å². The van der Waals surface area contributed by atoms with Crippen LogP contribution in [0.3, 0.4) is 0 Å². The molecule has 0 aliphatic carbocycles. The lowest BCUT2D eigenvalue weighted by atomic mass is 9.33. The molecule has 0 N–H and O–H groups in total. The Bertz CT molecular complexity index is 3640. The van der Waals surface area contributed by atoms with Gasteiger partial charge in [0.25, 0.3) is 6.71 Å². The third-order valence-corrected chi connectivity index (χ3v) is 16.2. The van der Waals surface area contributed by atoms with Crippen molar-refractivity contribution < 1.29 is 0 Å². The molecular weight excluding hydrogens is 864 g/mol. The molecule has 0 saturated heterocycles. The van der Waals surface area contributed by atoms with Crippen molar-refractivity contribution in [3.05, 3.63) is 211 Å². The van der Waals surface area contributed by atoms with Crippen LogP contribution in [0.25, 0.3) is 53.6 Å². The van der Waals surface area contributed by atoms with Crippen molar-refractivity contribution in [1.29, 1.82) is 0 Å². The smallest absolute Gasteiger partial charge is 0.252 e. The van der Waals surface area contributed by atoms with Gasteiger partial charge in [-0.05, 0) is 131 Å². The monoisotopic (exact) mass is 922 g/mol. The maximum absolute atomic E-state index is 2.58. The Morgan fingerprint density at radius 3 is 1.47 bits per heavy atom. The molecule has 0 bridgehead atoms. The molecule has 0 radical (unpaired) electrons. The summed E-state index contributed by atoms with van der Waals surface area (Å²) in [6.07, 6.45) is 0. The normalized spacial score (nSPS) is 13.4. The van der Waals surface area contributed by atoms with Crippen molar-refractivity contribution in [3.8, 4) is 33.4 Å². The summed E-state index contributed by atoms with van der Waals surface area (Å²) in [5.74, 6) is 0. The molecule has 12 rings (SSSR count). The van der Waals surface area contributed by atoms with Gasteiger partial charge >= 0.3 is 0 Å². The molecular formula is C66H59BN2S. The van der Waals surface area contributed by atoms with E-state index in [0.717, 1.165) is 11.4 Å². The van der Waals surface area contributed by atoms with Crippen molar-refractivity contribution in [2.24, 2.45) is 0 Å². The van der Waals surface area contributed by atoms with Crippen LogP contribution in [0, 0.1) is 0 Å². The number of nitrogens with zero attached hydrogens (tertiary/aromatic N) is 2. The van der Waals surface area contributed by atoms with Crippen LogP contribution < -0.4 is 26.2 Å². The van der Waals surface area contributed by atoms with Gasteiger partial charge in [-0.25, -0.2) is 0 Å². The van der Waals surface area contributed by atoms with Crippen LogP contribution in [0.5, 0.6) is 0 Å². The lowest BCUT2D eigenvalue weighted by molar-refractivity contribution is 0.590. The van der Waals surface area contributed by atoms with Gasteiger partial charge in [0.05, 0.1) is 0 Å². The Hall–Kier alpha value is -7.14. The van der Waals surface area contributed by atoms with Crippen LogP contribution in [-0.2, 0) is 16.2 Å². The van der Waals surface area contributed by atoms with E-state index in [4.69, 9.17) is 0 Å². The molecule has 0 atom stereocenters. The Morgan fingerprint density at radius 1 is 0.357 bits per heavy atom. The van der Waals surface area contributed by atoms with Gasteiger partial charge in [-0.1, -0.05) is 208 Å². The van der Waals surface area contributed by atoms with Gasteiger partial charge in [-0.2, -0.15) is 0 Å². The molecule has 3 heterocycles. The van der Waals surface area contributed by atoms with Gasteiger partial charge in [0.1, 0.15) is 0 Å². The van der Waals surface area contributed by atoms with E-state index in [-0.39, 0.29) is 23.0 Å². The first-order chi connectivity index (χ1) is 33.6. The van der Waals surface area contributed by atoms with Crippen LogP contribution in [0.15, 0.2) is 194 Å². The number of rotatable bonds is 5. The highest BCUT2D eigenvalue weighted by Crippen LogP contribution is 2.49. The second-order valence-electron chi connectivity index (χ2n) is 22.6. The van der Waals surface area contributed by atoms with E-state index in [1.807, 2.05) is 11.3 Å². The Balaban J connectivity index is 1.09. The van der Waals surface area contributed by atoms with Crippen molar-refractivity contribution in [2.75, 3.05) is 9.80 Å². The number of benzene rings is 9. The fourth-order valence-corrected chi connectivity index (χ4v) is 12.7. The summed E-state index contributed by atoms with van der Waals surface area (Å²) in [4.78, 5) is 5.15. The second kappa shape index (κ2) is 16.2. The SMILES string of the molecule is CC(C)(C)c1ccc2c(c1)N(c1ccc(-c3ccccc3)cc1)c1cc(C(C)(C)C)cc3c1B2c1cc(-c2ccccc2)ccc1N3c1ccc(-c2cccc3c2sc2c(C(C)(C)C)cccc23)cc1. The molecule has 10 aromatic rings. The number of anilines is 6. The molecule has 2 nitrogen and oxygen atoms in total. The van der Waals surface area contributed by atoms with E-state index < -0.39 is 0 Å². The first-order valence-corrected chi connectivity index (χ1v) is 25.8. The molecule has 0 amide bonds. The largest absolute Gasteiger partial charge is 0.311 e. The quantitative estimate of drug-likeness (QED) is 0.159. The number of hydrogen-bond donors (Lipinski definition) is 0. The van der Waals surface area contributed by atoms with Gasteiger partial charge in [-0.15, -0.1) is 11.3 Å². The molecule has 4 heteroatoms. The molecule has 2 aliphatic heterocycles. The van der Waals surface area contributed by atoms with E-state index in [1.54, 1.807) is 0 Å². The molecule has 1 aromatic heterocycles. The van der Waals surface area contributed by atoms with Crippen LogP contribution in [0.1, 0.15) is 79.0 Å². The van der Waals surface area contributed by atoms with E-state index in [0.29, 0.717) is 0 Å². The Morgan fingerprint density at radius 2 is 0.871 bits per heavy atom. The molecule has 2 aliphatic rings. The lowest BCUT2D eigenvalue weighted by Crippen LogP contribution is -2.61. The molecule has 0 spiro atoms. The standard InChI is InChI=1S/C66H59BN2S/c1-64(2,3)47-31-36-55-58(39-47)69(50-32-26-44(27-33-50)42-18-12-10-13-19-42)60-41-48(65(4,5)6)40-59-61(60)67(55)56-38-46(43-20-14-11-15-21-43)30-37-57(56)68(59)49-34-28-45(29-35-49)51-22-16-23-52-53-24-17-25-54(66(7,8)9)63(53)70-62(51)52/h10-41H,1-9H3. The summed E-state index contributed by atoms with van der Waals surface area (Å²) >= 11 is 1.94. The average molecular weight is 923 g/mol. The third kappa shape index (κ3) is 7.30. The maximum atomic E-state index is 2.58. The van der Waals surface area contributed by atoms with Crippen molar-refractivity contribution in [3.63, 3.8) is 0 Å². The zero-order chi connectivity index (χ0) is 48.3. The number of hydrogen-bond acceptors (Lipinski definition) is 3. The Kier molecular flexibility index (Phi) is 10.2. The van der Waals surface area contributed by atoms with Crippen molar-refractivity contribution in [2.45, 2.75) is 78.6 Å². The molecule has 9 aromatic carbocycles. The Labute approximate surface area is 419 Å². The van der Waals surface area contributed by atoms with Crippen LogP contribution >= 0.6 is 11.3 Å². The minimum atomic E-state index is -0.125. The summed E-state index contributed by atoms with van der Waals surface area (Å²) in [6, 6.07) is 73.5. The molecule has 0 unspecified atom stereocenters. The predicted molar refractivity (Wildman–Crippen MR) is 306 cm³/mol. The number of fused-ring (bicyclic) bond motifs is 7. The summed E-state index contributed by atoms with van der Waals surface area (Å²) in [7, 11) is 0. The van der Waals surface area contributed by atoms with Crippen molar-refractivity contribution in [1.82, 2.24) is 0 Å². The minimum Gasteiger partial charge on any atom is -0.311 e. The maximum Gasteiger partial charge on any atom is 0.252 e. The van der Waals surface area contributed by atoms with Crippen molar-refractivity contribution >= 4 is 88.7 Å². The van der Waals surface area contributed by atoms with Gasteiger partial charge < -0.3 is 9.80 Å². The van der Waals surface area contributed by atoms with Gasteiger partial charge in [-0.3, -0.25) is 0 Å². The zero-order valence-electron chi connectivity index (χ0n) is 41.9. The minimum absolute atomic E-state index is 0.000571. The van der Waals surface area contributed by atoms with Gasteiger partial charge in [0, 0.05) is 54.3 Å². The highest BCUT2D eigenvalue weighted by atomic mass is 32.1.